The molecule has 0 spiro atoms. The highest BCUT2D eigenvalue weighted by Gasteiger charge is 2.30. The van der Waals surface area contributed by atoms with Gasteiger partial charge in [-0.2, -0.15) is 0 Å². The summed E-state index contributed by atoms with van der Waals surface area (Å²) in [4.78, 5) is 63.7. The smallest absolute Gasteiger partial charge is 0.229 e. The van der Waals surface area contributed by atoms with Crippen molar-refractivity contribution in [3.05, 3.63) is 148 Å². The number of fused-ring (bicyclic) bond motifs is 3. The Morgan fingerprint density at radius 3 is 1.50 bits per heavy atom. The molecule has 3 amide bonds. The van der Waals surface area contributed by atoms with E-state index in [9.17, 15) is 42.9 Å². The number of aryl methyl sites for hydroxylation is 1. The standard InChI is InChI=1S/C21H25ClN4O2.C20H23FN4O3.C18H17ClF2N4O/c1-13-6-8-14(9-7-13)21(5,28)12-17(27)25-19-23-15-10-11-16(22)24-18(15)26(19)20(2,3)4;1-19(2,27)11-16(26)24-18-22-14-9-10-15(20(3,4)28)23-17(14)25(18)13-7-5-12(21)6-8-13;1-18(2,3)9-15(26)24-17-22-13-6-7-14(19)23-16(13)25(17)10-4-5-11(20)12(21)8-10/h6-11,28H,12H2,1-5H3,(H,23,25,27);5-10,27-28H,11H2,1-4H3,(H,22,24,26);4-8H,9H2,1-3H3,(H,22,24,26)/t21-;;/m0../s1. The van der Waals surface area contributed by atoms with Gasteiger partial charge in [0.15, 0.2) is 28.6 Å². The Hall–Kier alpha value is -7.82. The van der Waals surface area contributed by atoms with Gasteiger partial charge in [-0.3, -0.25) is 44.0 Å². The van der Waals surface area contributed by atoms with E-state index >= 15 is 0 Å². The average molecular weight is 1170 g/mol. The van der Waals surface area contributed by atoms with E-state index < -0.39 is 40.2 Å². The first-order valence-electron chi connectivity index (χ1n) is 25.9. The first-order valence-corrected chi connectivity index (χ1v) is 26.7. The van der Waals surface area contributed by atoms with E-state index in [1.165, 1.54) is 36.6 Å². The molecule has 0 aliphatic rings. The van der Waals surface area contributed by atoms with Crippen LogP contribution in [0, 0.1) is 29.8 Å². The van der Waals surface area contributed by atoms with E-state index in [1.54, 1.807) is 73.9 Å². The summed E-state index contributed by atoms with van der Waals surface area (Å²) >= 11 is 12.0. The van der Waals surface area contributed by atoms with Crippen molar-refractivity contribution >= 4 is 92.3 Å². The zero-order valence-corrected chi connectivity index (χ0v) is 48.9. The Morgan fingerprint density at radius 2 is 0.976 bits per heavy atom. The Morgan fingerprint density at radius 1 is 0.512 bits per heavy atom. The molecule has 0 bridgehead atoms. The summed E-state index contributed by atoms with van der Waals surface area (Å²) < 4.78 is 45.3. The predicted octanol–water partition coefficient (Wildman–Crippen LogP) is 12.0. The van der Waals surface area contributed by atoms with Crippen LogP contribution < -0.4 is 16.0 Å². The van der Waals surface area contributed by atoms with Crippen LogP contribution >= 0.6 is 23.2 Å². The van der Waals surface area contributed by atoms with Crippen molar-refractivity contribution in [2.75, 3.05) is 16.0 Å². The van der Waals surface area contributed by atoms with Gasteiger partial charge in [-0.15, -0.1) is 0 Å². The highest BCUT2D eigenvalue weighted by molar-refractivity contribution is 6.30. The molecule has 23 heteroatoms. The summed E-state index contributed by atoms with van der Waals surface area (Å²) in [5, 5.41) is 39.8. The number of amides is 3. The molecule has 6 N–H and O–H groups in total. The minimum Gasteiger partial charge on any atom is -0.390 e. The van der Waals surface area contributed by atoms with Gasteiger partial charge in [0.05, 0.1) is 41.1 Å². The fourth-order valence-electron chi connectivity index (χ4n) is 8.47. The maximum atomic E-state index is 13.7. The number of carbonyl (C=O) groups excluding carboxylic acids is 3. The van der Waals surface area contributed by atoms with E-state index in [4.69, 9.17) is 23.2 Å². The van der Waals surface area contributed by atoms with Gasteiger partial charge in [-0.25, -0.2) is 43.1 Å². The van der Waals surface area contributed by atoms with Gasteiger partial charge in [0.25, 0.3) is 0 Å². The normalized spacial score (nSPS) is 12.8. The lowest BCUT2D eigenvalue weighted by molar-refractivity contribution is -0.121. The molecule has 1 atom stereocenters. The second-order valence-electron chi connectivity index (χ2n) is 23.3. The maximum absolute atomic E-state index is 13.7. The largest absolute Gasteiger partial charge is 0.390 e. The number of imidazole rings is 3. The van der Waals surface area contributed by atoms with E-state index in [2.05, 4.69) is 45.9 Å². The number of halogens is 5. The highest BCUT2D eigenvalue weighted by Crippen LogP contribution is 2.32. The number of carbonyl (C=O) groups is 3. The van der Waals surface area contributed by atoms with Crippen molar-refractivity contribution in [1.29, 1.82) is 0 Å². The molecule has 9 rings (SSSR count). The number of anilines is 3. The Balaban J connectivity index is 0.000000177. The number of pyridine rings is 3. The Kier molecular flexibility index (Phi) is 18.0. The molecular formula is C59H65Cl2F3N12O6. The summed E-state index contributed by atoms with van der Waals surface area (Å²) in [7, 11) is 0. The lowest BCUT2D eigenvalue weighted by Crippen LogP contribution is -2.31. The summed E-state index contributed by atoms with van der Waals surface area (Å²) in [6.45, 7) is 21.7. The number of nitrogens with zero attached hydrogens (tertiary/aromatic N) is 9. The third kappa shape index (κ3) is 15.6. The maximum Gasteiger partial charge on any atom is 0.229 e. The molecule has 0 aliphatic carbocycles. The minimum absolute atomic E-state index is 0.0996. The lowest BCUT2D eigenvalue weighted by atomic mass is 9.91. The lowest BCUT2D eigenvalue weighted by Gasteiger charge is -2.26. The molecule has 0 saturated heterocycles. The van der Waals surface area contributed by atoms with Crippen LogP contribution in [0.25, 0.3) is 44.9 Å². The molecule has 82 heavy (non-hydrogen) atoms. The van der Waals surface area contributed by atoms with Crippen LogP contribution in [0.3, 0.4) is 0 Å². The second kappa shape index (κ2) is 23.9. The SMILES string of the molecule is CC(C)(C)CC(=O)Nc1nc2ccc(Cl)nc2n1-c1ccc(F)c(F)c1.CC(C)(O)CC(=O)Nc1nc2ccc(C(C)(C)O)nc2n1-c1ccc(F)cc1.Cc1ccc([C@@](C)(O)CC(=O)Nc2nc3ccc(Cl)nc3n2C(C)(C)C)cc1. The van der Waals surface area contributed by atoms with Crippen molar-refractivity contribution in [1.82, 2.24) is 43.6 Å². The minimum atomic E-state index is -1.29. The fourth-order valence-corrected chi connectivity index (χ4v) is 8.75. The molecule has 0 radical (unpaired) electrons. The number of aromatic nitrogens is 9. The van der Waals surface area contributed by atoms with Crippen LogP contribution in [0.15, 0.2) is 103 Å². The second-order valence-corrected chi connectivity index (χ2v) is 24.1. The molecule has 6 heterocycles. The molecule has 0 fully saturated rings. The van der Waals surface area contributed by atoms with Gasteiger partial charge in [0.2, 0.25) is 35.6 Å². The third-order valence-corrected chi connectivity index (χ3v) is 12.6. The zero-order chi connectivity index (χ0) is 60.4. The van der Waals surface area contributed by atoms with Gasteiger partial charge < -0.3 is 15.3 Å². The van der Waals surface area contributed by atoms with Crippen LogP contribution in [-0.2, 0) is 31.1 Å². The zero-order valence-electron chi connectivity index (χ0n) is 47.4. The van der Waals surface area contributed by atoms with Gasteiger partial charge in [-0.05, 0) is 146 Å². The molecule has 0 aliphatic heterocycles. The van der Waals surface area contributed by atoms with Crippen LogP contribution in [0.1, 0.15) is 112 Å². The van der Waals surface area contributed by atoms with Crippen molar-refractivity contribution in [3.63, 3.8) is 0 Å². The van der Waals surface area contributed by atoms with Crippen molar-refractivity contribution < 1.29 is 42.9 Å². The molecule has 6 aromatic heterocycles. The van der Waals surface area contributed by atoms with Crippen molar-refractivity contribution in [2.24, 2.45) is 5.41 Å². The molecule has 432 valence electrons. The number of hydrogen-bond donors (Lipinski definition) is 6. The monoisotopic (exact) mass is 1160 g/mol. The third-order valence-electron chi connectivity index (χ3n) is 12.2. The van der Waals surface area contributed by atoms with Crippen molar-refractivity contribution in [3.8, 4) is 11.4 Å². The highest BCUT2D eigenvalue weighted by atomic mass is 35.5. The first kappa shape index (κ1) is 61.8. The molecule has 0 saturated carbocycles. The Labute approximate surface area is 481 Å². The first-order chi connectivity index (χ1) is 38.0. The number of hydrogen-bond acceptors (Lipinski definition) is 12. The predicted molar refractivity (Wildman–Crippen MR) is 312 cm³/mol. The fraction of sp³-hybridized carbons (Fsp3) is 0.339. The number of aliphatic hydroxyl groups is 3. The van der Waals surface area contributed by atoms with E-state index in [1.807, 2.05) is 77.3 Å². The molecule has 18 nitrogen and oxygen atoms in total. The summed E-state index contributed by atoms with van der Waals surface area (Å²) in [5.74, 6) is -2.66. The van der Waals surface area contributed by atoms with Crippen LogP contribution in [0.5, 0.6) is 0 Å². The Bertz CT molecular complexity index is 3820. The molecule has 9 aromatic rings. The molecular weight excluding hydrogens is 1100 g/mol. The average Bonchev–Trinajstić information content (AvgIpc) is 2.68. The quantitative estimate of drug-likeness (QED) is 0.0626. The number of benzene rings is 3. The van der Waals surface area contributed by atoms with Gasteiger partial charge in [0, 0.05) is 18.0 Å². The van der Waals surface area contributed by atoms with Crippen LogP contribution in [-0.4, -0.2) is 82.2 Å². The van der Waals surface area contributed by atoms with E-state index in [0.717, 1.165) is 17.7 Å². The topological polar surface area (TPSA) is 240 Å². The summed E-state index contributed by atoms with van der Waals surface area (Å²) in [5.41, 5.74) is 1.71. The summed E-state index contributed by atoms with van der Waals surface area (Å²) in [6.07, 6.45) is 0.0434. The number of nitrogens with one attached hydrogen (secondary N) is 3. The summed E-state index contributed by atoms with van der Waals surface area (Å²) in [6, 6.07) is 26.5. The van der Waals surface area contributed by atoms with E-state index in [0.29, 0.717) is 61.5 Å². The van der Waals surface area contributed by atoms with Gasteiger partial charge >= 0.3 is 0 Å². The van der Waals surface area contributed by atoms with Gasteiger partial charge in [-0.1, -0.05) is 73.8 Å². The molecule has 3 aromatic carbocycles. The van der Waals surface area contributed by atoms with E-state index in [-0.39, 0.29) is 64.8 Å². The molecule has 0 unspecified atom stereocenters. The van der Waals surface area contributed by atoms with Crippen LogP contribution in [0.2, 0.25) is 10.3 Å². The number of rotatable bonds is 12. The van der Waals surface area contributed by atoms with Crippen molar-refractivity contribution in [2.45, 2.75) is 125 Å². The van der Waals surface area contributed by atoms with Gasteiger partial charge in [0.1, 0.15) is 38.3 Å². The van der Waals surface area contributed by atoms with Crippen LogP contribution in [0.4, 0.5) is 31.0 Å².